The lowest BCUT2D eigenvalue weighted by atomic mass is 9.77. The summed E-state index contributed by atoms with van der Waals surface area (Å²) in [5, 5.41) is 8.64. The average Bonchev–Trinajstić information content (AvgIpc) is 2.17. The molecule has 2 bridgehead atoms. The zero-order chi connectivity index (χ0) is 10.1. The summed E-state index contributed by atoms with van der Waals surface area (Å²) in [7, 11) is 0. The number of fused-ring (bicyclic) bond motifs is 2. The lowest BCUT2D eigenvalue weighted by Gasteiger charge is -2.42. The van der Waals surface area contributed by atoms with Gasteiger partial charge < -0.3 is 10.0 Å². The van der Waals surface area contributed by atoms with Gasteiger partial charge in [-0.25, -0.2) is 9.18 Å². The number of piperidine rings is 2. The molecule has 2 fully saturated rings. The summed E-state index contributed by atoms with van der Waals surface area (Å²) in [6.45, 7) is 2.88. The van der Waals surface area contributed by atoms with Crippen molar-refractivity contribution < 1.29 is 14.3 Å². The van der Waals surface area contributed by atoms with Gasteiger partial charge in [0.15, 0.2) is 6.17 Å². The van der Waals surface area contributed by atoms with E-state index in [2.05, 4.69) is 4.90 Å². The molecule has 4 unspecified atom stereocenters. The molecule has 1 N–H and O–H groups in total. The Labute approximate surface area is 82.9 Å². The zero-order valence-electron chi connectivity index (χ0n) is 8.16. The Morgan fingerprint density at radius 1 is 1.43 bits per heavy atom. The lowest BCUT2D eigenvalue weighted by Crippen LogP contribution is -2.48. The topological polar surface area (TPSA) is 40.5 Å². The van der Waals surface area contributed by atoms with Crippen LogP contribution in [0.25, 0.3) is 0 Å². The quantitative estimate of drug-likeness (QED) is 0.728. The van der Waals surface area contributed by atoms with Gasteiger partial charge >= 0.3 is 5.97 Å². The van der Waals surface area contributed by atoms with E-state index in [1.807, 2.05) is 0 Å². The van der Waals surface area contributed by atoms with Crippen molar-refractivity contribution in [3.63, 3.8) is 0 Å². The summed E-state index contributed by atoms with van der Waals surface area (Å²) in [6, 6.07) is 0. The van der Waals surface area contributed by atoms with E-state index in [-0.39, 0.29) is 11.8 Å². The fourth-order valence-electron chi connectivity index (χ4n) is 2.78. The van der Waals surface area contributed by atoms with E-state index in [0.717, 1.165) is 32.5 Å². The Bertz CT molecular complexity index is 234. The largest absolute Gasteiger partial charge is 0.479 e. The molecule has 2 saturated heterocycles. The molecule has 4 atom stereocenters. The van der Waals surface area contributed by atoms with Crippen LogP contribution < -0.4 is 0 Å². The second-order valence-electron chi connectivity index (χ2n) is 4.40. The minimum Gasteiger partial charge on any atom is -0.479 e. The molecular formula is C10H16FNO2. The standard InChI is InChI=1S/C10H16FNO2/c11-9(10(13)14)8-3-5-12-4-1-2-7(8)6-12/h7-9H,1-6H2,(H,13,14). The van der Waals surface area contributed by atoms with Gasteiger partial charge in [-0.2, -0.15) is 0 Å². The molecule has 80 valence electrons. The summed E-state index contributed by atoms with van der Waals surface area (Å²) in [6.07, 6.45) is 1.14. The molecule has 0 aromatic rings. The van der Waals surface area contributed by atoms with Crippen molar-refractivity contribution >= 4 is 5.97 Å². The highest BCUT2D eigenvalue weighted by atomic mass is 19.1. The second kappa shape index (κ2) is 3.85. The van der Waals surface area contributed by atoms with E-state index < -0.39 is 12.1 Å². The molecule has 0 amide bonds. The number of aliphatic carboxylic acids is 1. The van der Waals surface area contributed by atoms with Gasteiger partial charge in [-0.1, -0.05) is 0 Å². The minimum absolute atomic E-state index is 0.246. The predicted molar refractivity (Wildman–Crippen MR) is 49.8 cm³/mol. The van der Waals surface area contributed by atoms with Gasteiger partial charge in [-0.15, -0.1) is 0 Å². The van der Waals surface area contributed by atoms with Crippen molar-refractivity contribution in [3.8, 4) is 0 Å². The number of alkyl halides is 1. The van der Waals surface area contributed by atoms with Crippen molar-refractivity contribution in [3.05, 3.63) is 0 Å². The third-order valence-corrected chi connectivity index (χ3v) is 3.54. The summed E-state index contributed by atoms with van der Waals surface area (Å²) in [4.78, 5) is 12.9. The Hall–Kier alpha value is -0.640. The molecule has 2 aliphatic rings. The van der Waals surface area contributed by atoms with Crippen LogP contribution in [0, 0.1) is 11.8 Å². The molecule has 0 aliphatic carbocycles. The van der Waals surface area contributed by atoms with Crippen LogP contribution >= 0.6 is 0 Å². The molecule has 0 spiro atoms. The summed E-state index contributed by atoms with van der Waals surface area (Å²) >= 11 is 0. The first-order valence-electron chi connectivity index (χ1n) is 5.27. The van der Waals surface area contributed by atoms with Crippen LogP contribution in [0.5, 0.6) is 0 Å². The summed E-state index contributed by atoms with van der Waals surface area (Å²) in [5.41, 5.74) is 0. The van der Waals surface area contributed by atoms with Crippen LogP contribution in [0.3, 0.4) is 0 Å². The number of carboxylic acid groups (broad SMARTS) is 1. The number of carbonyl (C=O) groups is 1. The van der Waals surface area contributed by atoms with Gasteiger partial charge in [0.25, 0.3) is 0 Å². The molecule has 4 heteroatoms. The fraction of sp³-hybridized carbons (Fsp3) is 0.900. The molecule has 0 aromatic heterocycles. The normalized spacial score (nSPS) is 39.1. The van der Waals surface area contributed by atoms with E-state index >= 15 is 0 Å². The zero-order valence-corrected chi connectivity index (χ0v) is 8.16. The SMILES string of the molecule is O=C(O)C(F)C1CCN2CCCC1C2. The van der Waals surface area contributed by atoms with Gasteiger partial charge in [0.2, 0.25) is 0 Å². The van der Waals surface area contributed by atoms with Crippen molar-refractivity contribution in [1.29, 1.82) is 0 Å². The number of carboxylic acids is 1. The van der Waals surface area contributed by atoms with Gasteiger partial charge in [0.1, 0.15) is 0 Å². The number of hydrogen-bond acceptors (Lipinski definition) is 2. The highest BCUT2D eigenvalue weighted by Gasteiger charge is 2.39. The van der Waals surface area contributed by atoms with Crippen LogP contribution in [0.2, 0.25) is 0 Å². The number of hydrogen-bond donors (Lipinski definition) is 1. The Kier molecular flexibility index (Phi) is 2.72. The van der Waals surface area contributed by atoms with Gasteiger partial charge in [0.05, 0.1) is 0 Å². The fourth-order valence-corrected chi connectivity index (χ4v) is 2.78. The van der Waals surface area contributed by atoms with Crippen molar-refractivity contribution in [2.24, 2.45) is 11.8 Å². The van der Waals surface area contributed by atoms with Crippen LogP contribution in [0.1, 0.15) is 19.3 Å². The summed E-state index contributed by atoms with van der Waals surface area (Å²) < 4.78 is 13.4. The molecular weight excluding hydrogens is 185 g/mol. The van der Waals surface area contributed by atoms with E-state index in [1.165, 1.54) is 0 Å². The number of rotatable bonds is 2. The maximum atomic E-state index is 13.4. The van der Waals surface area contributed by atoms with Crippen molar-refractivity contribution in [1.82, 2.24) is 4.90 Å². The van der Waals surface area contributed by atoms with Crippen molar-refractivity contribution in [2.45, 2.75) is 25.4 Å². The first kappa shape index (κ1) is 9.90. The molecule has 0 aromatic carbocycles. The number of nitrogens with zero attached hydrogens (tertiary/aromatic N) is 1. The first-order chi connectivity index (χ1) is 6.68. The van der Waals surface area contributed by atoms with Gasteiger partial charge in [0, 0.05) is 12.5 Å². The molecule has 0 radical (unpaired) electrons. The molecule has 14 heavy (non-hydrogen) atoms. The van der Waals surface area contributed by atoms with E-state index in [1.54, 1.807) is 0 Å². The van der Waals surface area contributed by atoms with E-state index in [4.69, 9.17) is 5.11 Å². The maximum absolute atomic E-state index is 13.4. The summed E-state index contributed by atoms with van der Waals surface area (Å²) in [5.74, 6) is -1.26. The Morgan fingerprint density at radius 3 is 2.93 bits per heavy atom. The number of halogens is 1. The van der Waals surface area contributed by atoms with Crippen LogP contribution in [0.4, 0.5) is 4.39 Å². The lowest BCUT2D eigenvalue weighted by molar-refractivity contribution is -0.147. The van der Waals surface area contributed by atoms with Gasteiger partial charge in [-0.3, -0.25) is 0 Å². The van der Waals surface area contributed by atoms with Crippen LogP contribution in [-0.2, 0) is 4.79 Å². The van der Waals surface area contributed by atoms with Gasteiger partial charge in [-0.05, 0) is 38.3 Å². The Morgan fingerprint density at radius 2 is 2.21 bits per heavy atom. The highest BCUT2D eigenvalue weighted by Crippen LogP contribution is 2.34. The minimum atomic E-state index is -1.65. The third-order valence-electron chi connectivity index (χ3n) is 3.54. The average molecular weight is 201 g/mol. The molecule has 0 saturated carbocycles. The molecule has 2 aliphatic heterocycles. The smallest absolute Gasteiger partial charge is 0.338 e. The van der Waals surface area contributed by atoms with Crippen LogP contribution in [-0.4, -0.2) is 41.8 Å². The predicted octanol–water partition coefficient (Wildman–Crippen LogP) is 1.14. The molecule has 2 rings (SSSR count). The van der Waals surface area contributed by atoms with E-state index in [9.17, 15) is 9.18 Å². The highest BCUT2D eigenvalue weighted by molar-refractivity contribution is 5.72. The molecule has 2 heterocycles. The third kappa shape index (κ3) is 1.75. The second-order valence-corrected chi connectivity index (χ2v) is 4.40. The monoisotopic (exact) mass is 201 g/mol. The Balaban J connectivity index is 2.02. The van der Waals surface area contributed by atoms with E-state index in [0.29, 0.717) is 6.42 Å². The first-order valence-corrected chi connectivity index (χ1v) is 5.27. The van der Waals surface area contributed by atoms with Crippen molar-refractivity contribution in [2.75, 3.05) is 19.6 Å². The maximum Gasteiger partial charge on any atom is 0.338 e. The van der Waals surface area contributed by atoms with Crippen LogP contribution in [0.15, 0.2) is 0 Å². The molecule has 3 nitrogen and oxygen atoms in total.